The van der Waals surface area contributed by atoms with Crippen molar-refractivity contribution in [2.45, 2.75) is 73.3 Å². The lowest BCUT2D eigenvalue weighted by molar-refractivity contribution is 0.140. The van der Waals surface area contributed by atoms with E-state index >= 15 is 0 Å². The van der Waals surface area contributed by atoms with Crippen LogP contribution in [0.5, 0.6) is 0 Å². The summed E-state index contributed by atoms with van der Waals surface area (Å²) in [6.45, 7) is 13.1. The monoisotopic (exact) mass is 334 g/mol. The first kappa shape index (κ1) is 22.9. The van der Waals surface area contributed by atoms with E-state index < -0.39 is 0 Å². The molecule has 2 nitrogen and oxygen atoms in total. The third kappa shape index (κ3) is 12.3. The normalized spacial score (nSPS) is 16.1. The van der Waals surface area contributed by atoms with Crippen molar-refractivity contribution in [3.63, 3.8) is 0 Å². The Morgan fingerprint density at radius 3 is 2.12 bits per heavy atom. The minimum atomic E-state index is 0.0859. The number of ether oxygens (including phenoxy) is 1. The average molecular weight is 335 g/mol. The largest absolute Gasteiger partial charge is 0.392 e. The maximum atomic E-state index is 8.96. The highest BCUT2D eigenvalue weighted by molar-refractivity contribution is 5.11. The van der Waals surface area contributed by atoms with Gasteiger partial charge in [0.2, 0.25) is 0 Å². The lowest BCUT2D eigenvalue weighted by atomic mass is 9.96. The van der Waals surface area contributed by atoms with Crippen molar-refractivity contribution in [3.8, 4) is 0 Å². The highest BCUT2D eigenvalue weighted by atomic mass is 16.5. The molecule has 0 aromatic rings. The second kappa shape index (κ2) is 13.2. The number of aliphatic hydroxyl groups is 1. The van der Waals surface area contributed by atoms with E-state index in [-0.39, 0.29) is 12.7 Å². The Morgan fingerprint density at radius 2 is 1.58 bits per heavy atom. The molecule has 0 saturated carbocycles. The summed E-state index contributed by atoms with van der Waals surface area (Å²) in [6.07, 6.45) is 13.0. The molecular formula is C22H38O2. The third-order valence-corrected chi connectivity index (χ3v) is 4.04. The predicted octanol–water partition coefficient (Wildman–Crippen LogP) is 6.00. The van der Waals surface area contributed by atoms with Gasteiger partial charge in [-0.3, -0.25) is 0 Å². The van der Waals surface area contributed by atoms with Crippen molar-refractivity contribution >= 4 is 0 Å². The van der Waals surface area contributed by atoms with Crippen LogP contribution in [0.4, 0.5) is 0 Å². The van der Waals surface area contributed by atoms with E-state index in [0.717, 1.165) is 31.3 Å². The Hall–Kier alpha value is -1.12. The lowest BCUT2D eigenvalue weighted by Crippen LogP contribution is -2.09. The van der Waals surface area contributed by atoms with Crippen molar-refractivity contribution in [2.75, 3.05) is 13.7 Å². The van der Waals surface area contributed by atoms with Crippen LogP contribution in [-0.4, -0.2) is 24.9 Å². The summed E-state index contributed by atoms with van der Waals surface area (Å²) in [5.41, 5.74) is 5.39. The smallest absolute Gasteiger partial charge is 0.0791 e. The first-order valence-electron chi connectivity index (χ1n) is 9.05. The van der Waals surface area contributed by atoms with Crippen LogP contribution in [0.25, 0.3) is 0 Å². The Balaban J connectivity index is 4.56. The Kier molecular flexibility index (Phi) is 12.6. The number of hydrogen-bond acceptors (Lipinski definition) is 2. The second-order valence-corrected chi connectivity index (χ2v) is 7.24. The average Bonchev–Trinajstić information content (AvgIpc) is 2.45. The molecule has 2 atom stereocenters. The molecule has 0 aliphatic heterocycles. The molecule has 0 rings (SSSR count). The molecule has 0 radical (unpaired) electrons. The van der Waals surface area contributed by atoms with Gasteiger partial charge in [-0.25, -0.2) is 0 Å². The van der Waals surface area contributed by atoms with Gasteiger partial charge < -0.3 is 9.84 Å². The lowest BCUT2D eigenvalue weighted by Gasteiger charge is -2.15. The van der Waals surface area contributed by atoms with E-state index in [4.69, 9.17) is 9.84 Å². The first-order chi connectivity index (χ1) is 11.3. The fraction of sp³-hybridized carbons (Fsp3) is 0.636. The van der Waals surface area contributed by atoms with Crippen LogP contribution in [0.2, 0.25) is 0 Å². The van der Waals surface area contributed by atoms with Crippen molar-refractivity contribution < 1.29 is 9.84 Å². The predicted molar refractivity (Wildman–Crippen MR) is 106 cm³/mol. The zero-order chi connectivity index (χ0) is 18.5. The quantitative estimate of drug-likeness (QED) is 0.470. The topological polar surface area (TPSA) is 29.5 Å². The highest BCUT2D eigenvalue weighted by Crippen LogP contribution is 2.19. The summed E-state index contributed by atoms with van der Waals surface area (Å²) in [5.74, 6) is 0.541. The van der Waals surface area contributed by atoms with Gasteiger partial charge in [0.05, 0.1) is 12.7 Å². The SMILES string of the molecule is COC(/C=C(\C)CC(C)/C=C(\C)CCC=C(C)C)C/C(C)=C/CO. The molecule has 0 bridgehead atoms. The molecule has 0 aliphatic carbocycles. The molecule has 0 aliphatic rings. The number of hydrogen-bond donors (Lipinski definition) is 1. The summed E-state index contributed by atoms with van der Waals surface area (Å²) in [5, 5.41) is 8.96. The summed E-state index contributed by atoms with van der Waals surface area (Å²) in [4.78, 5) is 0. The molecule has 0 saturated heterocycles. The molecule has 138 valence electrons. The Bertz CT molecular complexity index is 462. The van der Waals surface area contributed by atoms with E-state index in [9.17, 15) is 0 Å². The first-order valence-corrected chi connectivity index (χ1v) is 9.05. The summed E-state index contributed by atoms with van der Waals surface area (Å²) >= 11 is 0. The fourth-order valence-electron chi connectivity index (χ4n) is 2.88. The van der Waals surface area contributed by atoms with E-state index in [1.165, 1.54) is 16.7 Å². The molecule has 1 N–H and O–H groups in total. The zero-order valence-corrected chi connectivity index (χ0v) is 16.9. The number of aliphatic hydroxyl groups excluding tert-OH is 1. The van der Waals surface area contributed by atoms with Crippen molar-refractivity contribution in [1.82, 2.24) is 0 Å². The van der Waals surface area contributed by atoms with Crippen molar-refractivity contribution in [1.29, 1.82) is 0 Å². The molecule has 2 unspecified atom stereocenters. The maximum absolute atomic E-state index is 8.96. The standard InChI is InChI=1S/C22H38O2/c1-17(2)9-8-10-18(3)13-20(5)14-21(6)16-22(24-7)15-19(4)11-12-23/h9,11,13,16,20,22-23H,8,10,12,14-15H2,1-7H3/b18-13+,19-11+,21-16+. The van der Waals surface area contributed by atoms with E-state index in [1.54, 1.807) is 7.11 Å². The van der Waals surface area contributed by atoms with E-state index in [2.05, 4.69) is 52.8 Å². The van der Waals surface area contributed by atoms with Gasteiger partial charge in [0, 0.05) is 7.11 Å². The number of allylic oxidation sites excluding steroid dienone is 5. The van der Waals surface area contributed by atoms with Gasteiger partial charge in [0.25, 0.3) is 0 Å². The molecule has 24 heavy (non-hydrogen) atoms. The zero-order valence-electron chi connectivity index (χ0n) is 16.9. The van der Waals surface area contributed by atoms with Crippen LogP contribution in [0.1, 0.15) is 67.2 Å². The van der Waals surface area contributed by atoms with Gasteiger partial charge >= 0.3 is 0 Å². The molecule has 0 heterocycles. The van der Waals surface area contributed by atoms with Crippen LogP contribution in [-0.2, 0) is 4.74 Å². The van der Waals surface area contributed by atoms with Crippen LogP contribution >= 0.6 is 0 Å². The maximum Gasteiger partial charge on any atom is 0.0791 e. The minimum Gasteiger partial charge on any atom is -0.392 e. The molecule has 0 amide bonds. The van der Waals surface area contributed by atoms with Gasteiger partial charge in [0.15, 0.2) is 0 Å². The van der Waals surface area contributed by atoms with Crippen LogP contribution in [0.15, 0.2) is 46.6 Å². The molecule has 0 spiro atoms. The third-order valence-electron chi connectivity index (χ3n) is 4.04. The molecular weight excluding hydrogens is 296 g/mol. The van der Waals surface area contributed by atoms with E-state index in [1.807, 2.05) is 13.0 Å². The second-order valence-electron chi connectivity index (χ2n) is 7.24. The van der Waals surface area contributed by atoms with Gasteiger partial charge in [0.1, 0.15) is 0 Å². The van der Waals surface area contributed by atoms with Crippen LogP contribution < -0.4 is 0 Å². The van der Waals surface area contributed by atoms with Gasteiger partial charge in [-0.2, -0.15) is 0 Å². The number of methoxy groups -OCH3 is 1. The Morgan fingerprint density at radius 1 is 0.917 bits per heavy atom. The van der Waals surface area contributed by atoms with Crippen LogP contribution in [0, 0.1) is 5.92 Å². The number of rotatable bonds is 11. The minimum absolute atomic E-state index is 0.0859. The summed E-state index contributed by atoms with van der Waals surface area (Å²) in [7, 11) is 1.75. The summed E-state index contributed by atoms with van der Waals surface area (Å²) < 4.78 is 5.56. The molecule has 0 aromatic heterocycles. The van der Waals surface area contributed by atoms with Gasteiger partial charge in [-0.1, -0.05) is 53.5 Å². The molecule has 2 heteroatoms. The van der Waals surface area contributed by atoms with Gasteiger partial charge in [-0.05, 0) is 66.2 Å². The van der Waals surface area contributed by atoms with Crippen LogP contribution in [0.3, 0.4) is 0 Å². The molecule has 0 fully saturated rings. The van der Waals surface area contributed by atoms with Gasteiger partial charge in [-0.15, -0.1) is 0 Å². The van der Waals surface area contributed by atoms with E-state index in [0.29, 0.717) is 5.92 Å². The van der Waals surface area contributed by atoms with Crippen molar-refractivity contribution in [2.24, 2.45) is 5.92 Å². The highest BCUT2D eigenvalue weighted by Gasteiger charge is 2.07. The Labute approximate surface area is 150 Å². The molecule has 0 aromatic carbocycles. The van der Waals surface area contributed by atoms with Crippen molar-refractivity contribution in [3.05, 3.63) is 46.6 Å². The summed E-state index contributed by atoms with van der Waals surface area (Å²) in [6, 6.07) is 0. The fourth-order valence-corrected chi connectivity index (χ4v) is 2.88.